The maximum atomic E-state index is 11.6. The highest BCUT2D eigenvalue weighted by atomic mass is 16.5. The van der Waals surface area contributed by atoms with Gasteiger partial charge in [0, 0.05) is 19.7 Å². The van der Waals surface area contributed by atoms with Gasteiger partial charge in [-0.15, -0.1) is 0 Å². The summed E-state index contributed by atoms with van der Waals surface area (Å²) in [5.74, 6) is -0.600. The van der Waals surface area contributed by atoms with Crippen LogP contribution in [0.2, 0.25) is 0 Å². The third-order valence-corrected chi connectivity index (χ3v) is 4.71. The summed E-state index contributed by atoms with van der Waals surface area (Å²) in [7, 11) is 1.76. The van der Waals surface area contributed by atoms with Crippen molar-refractivity contribution in [1.82, 2.24) is 4.90 Å². The average Bonchev–Trinajstić information content (AvgIpc) is 2.28. The molecule has 0 spiro atoms. The van der Waals surface area contributed by atoms with E-state index in [2.05, 4.69) is 11.8 Å². The van der Waals surface area contributed by atoms with Crippen LogP contribution in [0.3, 0.4) is 0 Å². The number of hydrogen-bond donors (Lipinski definition) is 1. The lowest BCUT2D eigenvalue weighted by atomic mass is 9.74. The molecule has 1 heterocycles. The van der Waals surface area contributed by atoms with Crippen LogP contribution in [0, 0.1) is 5.41 Å². The molecule has 1 unspecified atom stereocenters. The number of methoxy groups -OCH3 is 1. The summed E-state index contributed by atoms with van der Waals surface area (Å²) in [5, 5.41) is 9.56. The monoisotopic (exact) mass is 255 g/mol. The highest BCUT2D eigenvalue weighted by Crippen LogP contribution is 2.39. The quantitative estimate of drug-likeness (QED) is 0.817. The Kier molecular flexibility index (Phi) is 4.28. The number of carboxylic acid groups (broad SMARTS) is 1. The molecule has 1 aliphatic carbocycles. The number of ether oxygens (including phenoxy) is 1. The molecule has 4 heteroatoms. The highest BCUT2D eigenvalue weighted by Gasteiger charge is 2.45. The Labute approximate surface area is 109 Å². The maximum absolute atomic E-state index is 11.6. The van der Waals surface area contributed by atoms with Crippen LogP contribution in [0.15, 0.2) is 0 Å². The first-order chi connectivity index (χ1) is 8.61. The Morgan fingerprint density at radius 3 is 2.78 bits per heavy atom. The van der Waals surface area contributed by atoms with Crippen LogP contribution < -0.4 is 0 Å². The number of carboxylic acids is 1. The summed E-state index contributed by atoms with van der Waals surface area (Å²) in [5.41, 5.74) is -0.495. The second-order valence-electron chi connectivity index (χ2n) is 5.89. The zero-order valence-electron chi connectivity index (χ0n) is 11.5. The van der Waals surface area contributed by atoms with Gasteiger partial charge >= 0.3 is 5.97 Å². The Bertz CT molecular complexity index is 297. The van der Waals surface area contributed by atoms with E-state index in [0.717, 1.165) is 51.6 Å². The summed E-state index contributed by atoms with van der Waals surface area (Å²) in [6.45, 7) is 3.87. The fraction of sp³-hybridized carbons (Fsp3) is 0.929. The molecule has 2 aliphatic rings. The molecule has 18 heavy (non-hydrogen) atoms. The van der Waals surface area contributed by atoms with Crippen LogP contribution in [0.25, 0.3) is 0 Å². The fourth-order valence-electron chi connectivity index (χ4n) is 3.47. The normalized spacial score (nSPS) is 37.2. The van der Waals surface area contributed by atoms with Crippen LogP contribution in [0.1, 0.15) is 45.4 Å². The molecule has 4 nitrogen and oxygen atoms in total. The number of hydrogen-bond acceptors (Lipinski definition) is 3. The minimum Gasteiger partial charge on any atom is -0.481 e. The number of nitrogens with zero attached hydrogens (tertiary/aromatic N) is 1. The number of rotatable bonds is 5. The van der Waals surface area contributed by atoms with E-state index in [-0.39, 0.29) is 0 Å². The molecule has 104 valence electrons. The second kappa shape index (κ2) is 5.57. The average molecular weight is 255 g/mol. The molecular weight excluding hydrogens is 230 g/mol. The van der Waals surface area contributed by atoms with Crippen molar-refractivity contribution in [2.75, 3.05) is 20.2 Å². The van der Waals surface area contributed by atoms with Crippen molar-refractivity contribution >= 4 is 5.97 Å². The van der Waals surface area contributed by atoms with E-state index in [1.54, 1.807) is 7.11 Å². The summed E-state index contributed by atoms with van der Waals surface area (Å²) in [4.78, 5) is 14.0. The van der Waals surface area contributed by atoms with Crippen LogP contribution in [0.5, 0.6) is 0 Å². The van der Waals surface area contributed by atoms with Gasteiger partial charge in [0.1, 0.15) is 0 Å². The van der Waals surface area contributed by atoms with Crippen molar-refractivity contribution in [1.29, 1.82) is 0 Å². The summed E-state index contributed by atoms with van der Waals surface area (Å²) in [6, 6.07) is 0.547. The van der Waals surface area contributed by atoms with Crippen molar-refractivity contribution in [3.63, 3.8) is 0 Å². The first kappa shape index (κ1) is 13.8. The molecule has 0 radical (unpaired) electrons. The SMILES string of the molecule is CCCC1(C(=O)O)CCCN(C2CC(OC)C2)C1. The van der Waals surface area contributed by atoms with Gasteiger partial charge in [0.05, 0.1) is 11.5 Å². The Hall–Kier alpha value is -0.610. The van der Waals surface area contributed by atoms with Gasteiger partial charge in [0.15, 0.2) is 0 Å². The van der Waals surface area contributed by atoms with Crippen molar-refractivity contribution in [3.05, 3.63) is 0 Å². The third kappa shape index (κ3) is 2.54. The number of likely N-dealkylation sites (tertiary alicyclic amines) is 1. The second-order valence-corrected chi connectivity index (χ2v) is 5.89. The maximum Gasteiger partial charge on any atom is 0.310 e. The molecule has 0 bridgehead atoms. The van der Waals surface area contributed by atoms with Gasteiger partial charge in [-0.05, 0) is 38.6 Å². The molecule has 1 N–H and O–H groups in total. The van der Waals surface area contributed by atoms with Crippen molar-refractivity contribution in [2.45, 2.75) is 57.6 Å². The number of aliphatic carboxylic acids is 1. The highest BCUT2D eigenvalue weighted by molar-refractivity contribution is 5.75. The number of piperidine rings is 1. The van der Waals surface area contributed by atoms with E-state index >= 15 is 0 Å². The summed E-state index contributed by atoms with van der Waals surface area (Å²) in [6.07, 6.45) is 6.14. The van der Waals surface area contributed by atoms with Crippen molar-refractivity contribution < 1.29 is 14.6 Å². The Morgan fingerprint density at radius 1 is 1.50 bits per heavy atom. The third-order valence-electron chi connectivity index (χ3n) is 4.71. The minimum absolute atomic E-state index is 0.391. The summed E-state index contributed by atoms with van der Waals surface area (Å²) >= 11 is 0. The van der Waals surface area contributed by atoms with Gasteiger partial charge in [0.2, 0.25) is 0 Å². The van der Waals surface area contributed by atoms with Gasteiger partial charge in [-0.2, -0.15) is 0 Å². The van der Waals surface area contributed by atoms with Gasteiger partial charge in [-0.1, -0.05) is 13.3 Å². The summed E-state index contributed by atoms with van der Waals surface area (Å²) < 4.78 is 5.31. The largest absolute Gasteiger partial charge is 0.481 e. The lowest BCUT2D eigenvalue weighted by molar-refractivity contribution is -0.155. The lowest BCUT2D eigenvalue weighted by Crippen LogP contribution is -2.56. The zero-order valence-corrected chi connectivity index (χ0v) is 11.5. The molecule has 0 aromatic heterocycles. The number of carbonyl (C=O) groups is 1. The Balaban J connectivity index is 1.96. The first-order valence-corrected chi connectivity index (χ1v) is 7.11. The predicted molar refractivity (Wildman–Crippen MR) is 69.6 cm³/mol. The van der Waals surface area contributed by atoms with Gasteiger partial charge in [-0.25, -0.2) is 0 Å². The molecular formula is C14H25NO3. The van der Waals surface area contributed by atoms with Crippen LogP contribution in [-0.4, -0.2) is 48.3 Å². The smallest absolute Gasteiger partial charge is 0.310 e. The molecule has 1 aliphatic heterocycles. The Morgan fingerprint density at radius 2 is 2.22 bits per heavy atom. The lowest BCUT2D eigenvalue weighted by Gasteiger charge is -2.48. The van der Waals surface area contributed by atoms with Crippen molar-refractivity contribution in [2.24, 2.45) is 5.41 Å². The molecule has 0 aromatic rings. The first-order valence-electron chi connectivity index (χ1n) is 7.11. The molecule has 1 atom stereocenters. The molecule has 0 amide bonds. The standard InChI is InChI=1S/C14H25NO3/c1-3-5-14(13(16)17)6-4-7-15(10-14)11-8-12(9-11)18-2/h11-12H,3-10H2,1-2H3,(H,16,17). The fourth-order valence-corrected chi connectivity index (χ4v) is 3.47. The van der Waals surface area contributed by atoms with Gasteiger partial charge < -0.3 is 9.84 Å². The molecule has 2 rings (SSSR count). The van der Waals surface area contributed by atoms with E-state index in [1.165, 1.54) is 0 Å². The van der Waals surface area contributed by atoms with E-state index in [4.69, 9.17) is 4.74 Å². The zero-order chi connectivity index (χ0) is 13.2. The van der Waals surface area contributed by atoms with E-state index in [9.17, 15) is 9.90 Å². The van der Waals surface area contributed by atoms with E-state index in [0.29, 0.717) is 12.1 Å². The molecule has 1 saturated carbocycles. The van der Waals surface area contributed by atoms with Crippen molar-refractivity contribution in [3.8, 4) is 0 Å². The molecule has 1 saturated heterocycles. The van der Waals surface area contributed by atoms with Crippen LogP contribution in [-0.2, 0) is 9.53 Å². The van der Waals surface area contributed by atoms with Gasteiger partial charge in [0.25, 0.3) is 0 Å². The predicted octanol–water partition coefficient (Wildman–Crippen LogP) is 2.13. The van der Waals surface area contributed by atoms with E-state index < -0.39 is 11.4 Å². The van der Waals surface area contributed by atoms with E-state index in [1.807, 2.05) is 0 Å². The van der Waals surface area contributed by atoms with Gasteiger partial charge in [-0.3, -0.25) is 9.69 Å². The molecule has 0 aromatic carbocycles. The minimum atomic E-state index is -0.600. The van der Waals surface area contributed by atoms with Crippen LogP contribution >= 0.6 is 0 Å². The topological polar surface area (TPSA) is 49.8 Å². The molecule has 2 fully saturated rings. The van der Waals surface area contributed by atoms with Crippen LogP contribution in [0.4, 0.5) is 0 Å².